The van der Waals surface area contributed by atoms with Gasteiger partial charge >= 0.3 is 6.18 Å². The van der Waals surface area contributed by atoms with Gasteiger partial charge in [-0.1, -0.05) is 0 Å². The third-order valence-electron chi connectivity index (χ3n) is 2.09. The molecule has 0 heterocycles. The van der Waals surface area contributed by atoms with Crippen molar-refractivity contribution in [2.45, 2.75) is 37.9 Å². The zero-order valence-electron chi connectivity index (χ0n) is 8.36. The van der Waals surface area contributed by atoms with Crippen LogP contribution in [-0.4, -0.2) is 31.2 Å². The number of hydrogen-bond donors (Lipinski definition) is 2. The van der Waals surface area contributed by atoms with E-state index in [0.717, 1.165) is 12.8 Å². The summed E-state index contributed by atoms with van der Waals surface area (Å²) in [6.45, 7) is 0.217. The minimum absolute atomic E-state index is 0.244. The summed E-state index contributed by atoms with van der Waals surface area (Å²) in [5, 5.41) is 5.35. The minimum Gasteiger partial charge on any atom is -0.356 e. The largest absolute Gasteiger partial charge is 0.390 e. The molecular weight excluding hydrogens is 209 g/mol. The maximum absolute atomic E-state index is 11.7. The first-order valence-electron chi connectivity index (χ1n) is 5.04. The van der Waals surface area contributed by atoms with Crippen molar-refractivity contribution < 1.29 is 18.0 Å². The van der Waals surface area contributed by atoms with Gasteiger partial charge in [0.15, 0.2) is 0 Å². The van der Waals surface area contributed by atoms with Crippen LogP contribution in [0.4, 0.5) is 13.2 Å². The molecule has 15 heavy (non-hydrogen) atoms. The van der Waals surface area contributed by atoms with E-state index >= 15 is 0 Å². The molecular formula is C9H15F3N2O. The molecule has 1 saturated carbocycles. The van der Waals surface area contributed by atoms with Crippen molar-refractivity contribution >= 4 is 5.91 Å². The van der Waals surface area contributed by atoms with Crippen LogP contribution in [0.25, 0.3) is 0 Å². The summed E-state index contributed by atoms with van der Waals surface area (Å²) in [5.41, 5.74) is 0. The van der Waals surface area contributed by atoms with Gasteiger partial charge in [-0.15, -0.1) is 0 Å². The van der Waals surface area contributed by atoms with Gasteiger partial charge < -0.3 is 10.6 Å². The van der Waals surface area contributed by atoms with Crippen LogP contribution >= 0.6 is 0 Å². The Kier molecular flexibility index (Phi) is 4.38. The van der Waals surface area contributed by atoms with Gasteiger partial charge in [-0.3, -0.25) is 4.79 Å². The van der Waals surface area contributed by atoms with Gasteiger partial charge in [0.25, 0.3) is 0 Å². The Morgan fingerprint density at radius 3 is 2.47 bits per heavy atom. The Balaban J connectivity index is 1.93. The van der Waals surface area contributed by atoms with Gasteiger partial charge in [0.05, 0.1) is 6.42 Å². The molecule has 0 bridgehead atoms. The van der Waals surface area contributed by atoms with Gasteiger partial charge in [-0.25, -0.2) is 0 Å². The second-order valence-electron chi connectivity index (χ2n) is 3.69. The van der Waals surface area contributed by atoms with Crippen molar-refractivity contribution in [3.05, 3.63) is 0 Å². The first-order chi connectivity index (χ1) is 6.97. The highest BCUT2D eigenvalue weighted by Crippen LogP contribution is 2.18. The molecule has 0 spiro atoms. The van der Waals surface area contributed by atoms with E-state index in [-0.39, 0.29) is 18.9 Å². The lowest BCUT2D eigenvalue weighted by molar-refractivity contribution is -0.135. The zero-order valence-corrected chi connectivity index (χ0v) is 8.36. The molecule has 0 radical (unpaired) electrons. The zero-order chi connectivity index (χ0) is 11.3. The summed E-state index contributed by atoms with van der Waals surface area (Å²) in [6, 6.07) is 0.521. The van der Waals surface area contributed by atoms with Crippen LogP contribution in [0, 0.1) is 0 Å². The number of halogens is 3. The number of carbonyl (C=O) groups is 1. The molecule has 2 N–H and O–H groups in total. The van der Waals surface area contributed by atoms with E-state index in [1.165, 1.54) is 0 Å². The molecule has 0 aromatic carbocycles. The molecule has 0 aromatic rings. The smallest absolute Gasteiger partial charge is 0.356 e. The normalized spacial score (nSPS) is 16.5. The van der Waals surface area contributed by atoms with Crippen molar-refractivity contribution in [2.75, 3.05) is 13.1 Å². The van der Waals surface area contributed by atoms with Crippen molar-refractivity contribution in [3.8, 4) is 0 Å². The third kappa shape index (κ3) is 7.18. The molecule has 0 saturated heterocycles. The van der Waals surface area contributed by atoms with Crippen molar-refractivity contribution in [3.63, 3.8) is 0 Å². The van der Waals surface area contributed by atoms with Crippen molar-refractivity contribution in [1.82, 2.24) is 10.6 Å². The first kappa shape index (κ1) is 12.3. The second-order valence-corrected chi connectivity index (χ2v) is 3.69. The number of carbonyl (C=O) groups excluding carboxylic acids is 1. The number of amides is 1. The number of rotatable bonds is 6. The molecule has 6 heteroatoms. The Labute approximate surface area is 86.4 Å². The summed E-state index contributed by atoms with van der Waals surface area (Å²) >= 11 is 0. The van der Waals surface area contributed by atoms with Crippen LogP contribution in [0.3, 0.4) is 0 Å². The highest BCUT2D eigenvalue weighted by atomic mass is 19.4. The molecule has 0 unspecified atom stereocenters. The number of alkyl halides is 3. The molecule has 1 rings (SSSR count). The second kappa shape index (κ2) is 5.34. The lowest BCUT2D eigenvalue weighted by atomic mass is 10.3. The molecule has 0 aliphatic heterocycles. The molecule has 88 valence electrons. The van der Waals surface area contributed by atoms with Crippen LogP contribution < -0.4 is 10.6 Å². The molecule has 1 fully saturated rings. The maximum Gasteiger partial charge on any atom is 0.390 e. The van der Waals surface area contributed by atoms with E-state index in [2.05, 4.69) is 10.6 Å². The Morgan fingerprint density at radius 1 is 1.27 bits per heavy atom. The average Bonchev–Trinajstić information content (AvgIpc) is 2.85. The summed E-state index contributed by atoms with van der Waals surface area (Å²) in [7, 11) is 0. The summed E-state index contributed by atoms with van der Waals surface area (Å²) < 4.78 is 35.1. The molecule has 0 atom stereocenters. The molecule has 0 aromatic heterocycles. The fourth-order valence-electron chi connectivity index (χ4n) is 1.11. The third-order valence-corrected chi connectivity index (χ3v) is 2.09. The van der Waals surface area contributed by atoms with Gasteiger partial charge in [0.1, 0.15) is 0 Å². The van der Waals surface area contributed by atoms with Crippen LogP contribution in [0.1, 0.15) is 25.7 Å². The van der Waals surface area contributed by atoms with Crippen LogP contribution in [-0.2, 0) is 4.79 Å². The number of hydrogen-bond acceptors (Lipinski definition) is 2. The SMILES string of the molecule is O=C(CCNC1CC1)NCCC(F)(F)F. The number of nitrogens with one attached hydrogen (secondary N) is 2. The van der Waals surface area contributed by atoms with Gasteiger partial charge in [-0.05, 0) is 12.8 Å². The van der Waals surface area contributed by atoms with E-state index in [1.54, 1.807) is 0 Å². The van der Waals surface area contributed by atoms with E-state index in [4.69, 9.17) is 0 Å². The quantitative estimate of drug-likeness (QED) is 0.711. The summed E-state index contributed by atoms with van der Waals surface area (Å²) in [4.78, 5) is 11.0. The van der Waals surface area contributed by atoms with Crippen LogP contribution in [0.5, 0.6) is 0 Å². The summed E-state index contributed by atoms with van der Waals surface area (Å²) in [6.07, 6.45) is -2.64. The van der Waals surface area contributed by atoms with Gasteiger partial charge in [0.2, 0.25) is 5.91 Å². The van der Waals surface area contributed by atoms with E-state index in [0.29, 0.717) is 12.6 Å². The van der Waals surface area contributed by atoms with Crippen molar-refractivity contribution in [2.24, 2.45) is 0 Å². The standard InChI is InChI=1S/C9H15F3N2O/c10-9(11,12)4-6-14-8(15)3-5-13-7-1-2-7/h7,13H,1-6H2,(H,14,15). The van der Waals surface area contributed by atoms with Crippen molar-refractivity contribution in [1.29, 1.82) is 0 Å². The maximum atomic E-state index is 11.7. The molecule has 1 aliphatic carbocycles. The highest BCUT2D eigenvalue weighted by Gasteiger charge is 2.26. The van der Waals surface area contributed by atoms with Gasteiger partial charge in [0, 0.05) is 25.6 Å². The monoisotopic (exact) mass is 224 g/mol. The lowest BCUT2D eigenvalue weighted by Gasteiger charge is -2.07. The predicted molar refractivity (Wildman–Crippen MR) is 49.3 cm³/mol. The van der Waals surface area contributed by atoms with Gasteiger partial charge in [-0.2, -0.15) is 13.2 Å². The average molecular weight is 224 g/mol. The Morgan fingerprint density at radius 2 is 1.93 bits per heavy atom. The fourth-order valence-corrected chi connectivity index (χ4v) is 1.11. The Hall–Kier alpha value is -0.780. The fraction of sp³-hybridized carbons (Fsp3) is 0.889. The summed E-state index contributed by atoms with van der Waals surface area (Å²) in [5.74, 6) is -0.326. The first-order valence-corrected chi connectivity index (χ1v) is 5.04. The molecule has 1 aliphatic rings. The predicted octanol–water partition coefficient (Wildman–Crippen LogP) is 1.20. The topological polar surface area (TPSA) is 41.1 Å². The van der Waals surface area contributed by atoms with E-state index in [1.807, 2.05) is 0 Å². The van der Waals surface area contributed by atoms with Crippen LogP contribution in [0.2, 0.25) is 0 Å². The Bertz CT molecular complexity index is 214. The minimum atomic E-state index is -4.19. The highest BCUT2D eigenvalue weighted by molar-refractivity contribution is 5.76. The van der Waals surface area contributed by atoms with E-state index < -0.39 is 12.6 Å². The molecule has 1 amide bonds. The van der Waals surface area contributed by atoms with Crippen LogP contribution in [0.15, 0.2) is 0 Å². The van der Waals surface area contributed by atoms with E-state index in [9.17, 15) is 18.0 Å². The lowest BCUT2D eigenvalue weighted by Crippen LogP contribution is -2.31. The molecule has 3 nitrogen and oxygen atoms in total.